The first kappa shape index (κ1) is 22.1. The van der Waals surface area contributed by atoms with Crippen molar-refractivity contribution in [3.63, 3.8) is 0 Å². The van der Waals surface area contributed by atoms with Crippen molar-refractivity contribution in [3.05, 3.63) is 34.9 Å². The van der Waals surface area contributed by atoms with E-state index in [2.05, 4.69) is 33.8 Å². The molecule has 0 spiro atoms. The maximum Gasteiger partial charge on any atom is 0.302 e. The molecule has 3 aliphatic rings. The van der Waals surface area contributed by atoms with Gasteiger partial charge in [0, 0.05) is 24.2 Å². The summed E-state index contributed by atoms with van der Waals surface area (Å²) in [4.78, 5) is 26.0. The standard InChI is InChI=1S/C27H36O4/c1-15-12-21(30)23-26(6)10-8-9-25(4,5)24(26)22(31-17(3)28)14-27(23,7)19-11-16(2)20(29)13-18(15)19/h11-13,22-24,29H,8-10,14H2,1-7H3/t22-,23+,24-,26+,27+/m0/s1. The molecule has 0 heterocycles. The van der Waals surface area contributed by atoms with Crippen molar-refractivity contribution >= 4 is 17.3 Å². The Morgan fingerprint density at radius 2 is 1.81 bits per heavy atom. The Labute approximate surface area is 186 Å². The Balaban J connectivity index is 2.01. The number of carbonyl (C=O) groups excluding carboxylic acids is 2. The molecule has 2 fully saturated rings. The van der Waals surface area contributed by atoms with Gasteiger partial charge in [-0.05, 0) is 78.3 Å². The first-order valence-corrected chi connectivity index (χ1v) is 11.5. The molecule has 31 heavy (non-hydrogen) atoms. The molecule has 0 unspecified atom stereocenters. The highest BCUT2D eigenvalue weighted by atomic mass is 16.5. The fourth-order valence-corrected chi connectivity index (χ4v) is 7.86. The van der Waals surface area contributed by atoms with E-state index in [9.17, 15) is 14.7 Å². The molecule has 1 aromatic carbocycles. The van der Waals surface area contributed by atoms with Gasteiger partial charge in [0.15, 0.2) is 5.78 Å². The summed E-state index contributed by atoms with van der Waals surface area (Å²) in [7, 11) is 0. The van der Waals surface area contributed by atoms with Gasteiger partial charge in [-0.15, -0.1) is 0 Å². The molecular weight excluding hydrogens is 388 g/mol. The largest absolute Gasteiger partial charge is 0.508 e. The van der Waals surface area contributed by atoms with E-state index in [0.29, 0.717) is 6.42 Å². The highest BCUT2D eigenvalue weighted by Crippen LogP contribution is 2.66. The van der Waals surface area contributed by atoms with Crippen molar-refractivity contribution in [1.82, 2.24) is 0 Å². The van der Waals surface area contributed by atoms with Gasteiger partial charge in [0.1, 0.15) is 11.9 Å². The molecule has 168 valence electrons. The maximum absolute atomic E-state index is 13.9. The number of aryl methyl sites for hydroxylation is 1. The van der Waals surface area contributed by atoms with E-state index in [1.807, 2.05) is 13.8 Å². The van der Waals surface area contributed by atoms with Gasteiger partial charge >= 0.3 is 5.97 Å². The predicted octanol–water partition coefficient (Wildman–Crippen LogP) is 5.73. The summed E-state index contributed by atoms with van der Waals surface area (Å²) in [5.74, 6) is 0.0767. The van der Waals surface area contributed by atoms with Gasteiger partial charge in [0.05, 0.1) is 0 Å². The smallest absolute Gasteiger partial charge is 0.302 e. The molecule has 0 radical (unpaired) electrons. The van der Waals surface area contributed by atoms with Crippen molar-refractivity contribution in [3.8, 4) is 5.75 Å². The minimum absolute atomic E-state index is 0.0203. The summed E-state index contributed by atoms with van der Waals surface area (Å²) < 4.78 is 6.03. The fourth-order valence-electron chi connectivity index (χ4n) is 7.86. The lowest BCUT2D eigenvalue weighted by molar-refractivity contribution is -0.191. The third kappa shape index (κ3) is 3.16. The Kier molecular flexibility index (Phi) is 4.96. The van der Waals surface area contributed by atoms with Crippen LogP contribution in [-0.2, 0) is 19.7 Å². The molecule has 0 aromatic heterocycles. The number of fused-ring (bicyclic) bond motifs is 5. The third-order valence-electron chi connectivity index (χ3n) is 8.72. The van der Waals surface area contributed by atoms with Gasteiger partial charge in [-0.3, -0.25) is 9.59 Å². The van der Waals surface area contributed by atoms with Crippen LogP contribution in [0.1, 0.15) is 83.9 Å². The predicted molar refractivity (Wildman–Crippen MR) is 122 cm³/mol. The number of hydrogen-bond donors (Lipinski definition) is 1. The second-order valence-corrected chi connectivity index (χ2v) is 11.4. The Morgan fingerprint density at radius 1 is 1.13 bits per heavy atom. The summed E-state index contributed by atoms with van der Waals surface area (Å²) >= 11 is 0. The molecule has 0 aliphatic heterocycles. The van der Waals surface area contributed by atoms with E-state index in [4.69, 9.17) is 4.74 Å². The highest BCUT2D eigenvalue weighted by molar-refractivity contribution is 6.01. The van der Waals surface area contributed by atoms with Crippen molar-refractivity contribution in [2.24, 2.45) is 22.7 Å². The summed E-state index contributed by atoms with van der Waals surface area (Å²) in [6.45, 7) is 14.3. The van der Waals surface area contributed by atoms with Gasteiger partial charge in [-0.25, -0.2) is 0 Å². The minimum atomic E-state index is -0.488. The lowest BCUT2D eigenvalue weighted by Crippen LogP contribution is -2.64. The average molecular weight is 425 g/mol. The quantitative estimate of drug-likeness (QED) is 0.585. The highest BCUT2D eigenvalue weighted by Gasteiger charge is 2.65. The van der Waals surface area contributed by atoms with Crippen LogP contribution < -0.4 is 0 Å². The van der Waals surface area contributed by atoms with Gasteiger partial charge in [0.25, 0.3) is 0 Å². The molecule has 3 aliphatic carbocycles. The van der Waals surface area contributed by atoms with Crippen LogP contribution in [0.5, 0.6) is 5.75 Å². The van der Waals surface area contributed by atoms with E-state index >= 15 is 0 Å². The number of rotatable bonds is 1. The molecule has 0 saturated heterocycles. The Bertz CT molecular complexity index is 987. The number of aromatic hydroxyl groups is 1. The van der Waals surface area contributed by atoms with E-state index in [1.54, 1.807) is 12.1 Å². The van der Waals surface area contributed by atoms with Crippen molar-refractivity contribution < 1.29 is 19.4 Å². The molecule has 4 rings (SSSR count). The number of phenols is 1. The van der Waals surface area contributed by atoms with Crippen LogP contribution >= 0.6 is 0 Å². The summed E-state index contributed by atoms with van der Waals surface area (Å²) in [5.41, 5.74) is 2.93. The Hall–Kier alpha value is -2.10. The van der Waals surface area contributed by atoms with Crippen molar-refractivity contribution in [1.29, 1.82) is 0 Å². The molecule has 0 amide bonds. The first-order valence-electron chi connectivity index (χ1n) is 11.5. The van der Waals surface area contributed by atoms with Crippen LogP contribution in [0.15, 0.2) is 18.2 Å². The van der Waals surface area contributed by atoms with Gasteiger partial charge in [-0.1, -0.05) is 40.2 Å². The lowest BCUT2D eigenvalue weighted by Gasteiger charge is -2.63. The van der Waals surface area contributed by atoms with Gasteiger partial charge in [0.2, 0.25) is 0 Å². The number of hydrogen-bond acceptors (Lipinski definition) is 4. The van der Waals surface area contributed by atoms with Crippen LogP contribution in [0.4, 0.5) is 0 Å². The lowest BCUT2D eigenvalue weighted by atomic mass is 9.41. The van der Waals surface area contributed by atoms with Crippen LogP contribution in [0.3, 0.4) is 0 Å². The second kappa shape index (κ2) is 6.95. The zero-order valence-electron chi connectivity index (χ0n) is 20.0. The van der Waals surface area contributed by atoms with Crippen molar-refractivity contribution in [2.45, 2.75) is 85.7 Å². The second-order valence-electron chi connectivity index (χ2n) is 11.4. The number of ketones is 1. The van der Waals surface area contributed by atoms with Crippen LogP contribution in [-0.4, -0.2) is 23.0 Å². The monoisotopic (exact) mass is 424 g/mol. The van der Waals surface area contributed by atoms with E-state index < -0.39 is 5.41 Å². The minimum Gasteiger partial charge on any atom is -0.508 e. The van der Waals surface area contributed by atoms with Crippen LogP contribution in [0.25, 0.3) is 5.57 Å². The zero-order chi connectivity index (χ0) is 22.9. The van der Waals surface area contributed by atoms with E-state index in [1.165, 1.54) is 6.92 Å². The molecule has 2 saturated carbocycles. The number of allylic oxidation sites excluding steroid dienone is 2. The van der Waals surface area contributed by atoms with E-state index in [-0.39, 0.29) is 46.3 Å². The van der Waals surface area contributed by atoms with E-state index in [0.717, 1.165) is 41.5 Å². The van der Waals surface area contributed by atoms with Crippen LogP contribution in [0, 0.1) is 29.6 Å². The summed E-state index contributed by atoms with van der Waals surface area (Å²) in [5, 5.41) is 10.4. The zero-order valence-corrected chi connectivity index (χ0v) is 20.0. The number of ether oxygens (including phenoxy) is 1. The number of esters is 1. The summed E-state index contributed by atoms with van der Waals surface area (Å²) in [6.07, 6.45) is 5.25. The Morgan fingerprint density at radius 3 is 2.45 bits per heavy atom. The molecule has 1 aromatic rings. The van der Waals surface area contributed by atoms with Crippen molar-refractivity contribution in [2.75, 3.05) is 0 Å². The molecule has 4 nitrogen and oxygen atoms in total. The molecule has 4 heteroatoms. The van der Waals surface area contributed by atoms with Gasteiger partial charge < -0.3 is 9.84 Å². The number of carbonyl (C=O) groups is 2. The SMILES string of the molecule is CC(=O)O[C@H]1C[C@]2(C)c3cc(C)c(O)cc3C(C)=CC(=O)[C@@H]2[C@@]2(C)CCCC(C)(C)[C@H]12. The topological polar surface area (TPSA) is 63.6 Å². The molecule has 1 N–H and O–H groups in total. The van der Waals surface area contributed by atoms with Gasteiger partial charge in [-0.2, -0.15) is 0 Å². The number of benzene rings is 1. The van der Waals surface area contributed by atoms with Crippen LogP contribution in [0.2, 0.25) is 0 Å². The number of phenolic OH excluding ortho intramolecular Hbond substituents is 1. The molecule has 5 atom stereocenters. The average Bonchev–Trinajstić information content (AvgIpc) is 2.68. The summed E-state index contributed by atoms with van der Waals surface area (Å²) in [6, 6.07) is 3.85. The molecule has 0 bridgehead atoms. The maximum atomic E-state index is 13.9. The third-order valence-corrected chi connectivity index (χ3v) is 8.72. The normalized spacial score (nSPS) is 36.4. The fraction of sp³-hybridized carbons (Fsp3) is 0.630. The first-order chi connectivity index (χ1) is 14.3. The molecular formula is C27H36O4.